The van der Waals surface area contributed by atoms with Crippen LogP contribution in [0, 0.1) is 11.3 Å². The highest BCUT2D eigenvalue weighted by atomic mass is 16.6. The molecule has 1 heterocycles. The molecule has 0 aromatic heterocycles. The lowest BCUT2D eigenvalue weighted by molar-refractivity contribution is -0.172. The summed E-state index contributed by atoms with van der Waals surface area (Å²) in [6.45, 7) is 8.66. The van der Waals surface area contributed by atoms with Crippen molar-refractivity contribution in [3.63, 3.8) is 0 Å². The minimum atomic E-state index is -1.14. The van der Waals surface area contributed by atoms with Gasteiger partial charge in [0.2, 0.25) is 0 Å². The zero-order chi connectivity index (χ0) is 26.2. The molecule has 0 fully saturated rings. The van der Waals surface area contributed by atoms with Crippen LogP contribution in [-0.4, -0.2) is 42.0 Å². The van der Waals surface area contributed by atoms with E-state index >= 15 is 0 Å². The maximum atomic E-state index is 13.3. The van der Waals surface area contributed by atoms with Gasteiger partial charge in [-0.05, 0) is 75.8 Å². The molecule has 2 aliphatic carbocycles. The summed E-state index contributed by atoms with van der Waals surface area (Å²) in [5, 5.41) is 0. The predicted molar refractivity (Wildman–Crippen MR) is 132 cm³/mol. The number of benzene rings is 1. The van der Waals surface area contributed by atoms with Gasteiger partial charge in [-0.15, -0.1) is 0 Å². The molecule has 0 bridgehead atoms. The van der Waals surface area contributed by atoms with E-state index in [0.29, 0.717) is 30.4 Å². The van der Waals surface area contributed by atoms with E-state index in [1.807, 2.05) is 32.9 Å². The molecule has 7 heteroatoms. The molecule has 4 rings (SSSR count). The first kappa shape index (κ1) is 25.6. The van der Waals surface area contributed by atoms with Crippen LogP contribution in [0.3, 0.4) is 0 Å². The van der Waals surface area contributed by atoms with Gasteiger partial charge in [0.1, 0.15) is 12.2 Å². The number of hydrogen-bond acceptors (Lipinski definition) is 7. The largest absolute Gasteiger partial charge is 0.458 e. The highest BCUT2D eigenvalue weighted by Crippen LogP contribution is 2.51. The lowest BCUT2D eigenvalue weighted by Gasteiger charge is -2.49. The van der Waals surface area contributed by atoms with Gasteiger partial charge >= 0.3 is 17.9 Å². The van der Waals surface area contributed by atoms with Crippen LogP contribution >= 0.6 is 0 Å². The van der Waals surface area contributed by atoms with Crippen LogP contribution in [0.15, 0.2) is 64.8 Å². The summed E-state index contributed by atoms with van der Waals surface area (Å²) in [5.41, 5.74) is 2.45. The second-order valence-electron chi connectivity index (χ2n) is 10.2. The lowest BCUT2D eigenvalue weighted by atomic mass is 9.59. The number of rotatable bonds is 3. The standard InChI is InChI=1S/C29H32O7/c1-16-11-12-25(36-28(33)20-9-7-6-8-10-20)29(5)22(15-21-18(3)27(32)35-24(21)13-16)17(2)14-23(31)26(29)34-19(4)30/h6-10,13-14,22,24-26H,11-12,15H2,1-5H3/b16-13-/t22-,24-,25+,26-,29-/m0/s1. The molecule has 0 radical (unpaired) electrons. The third kappa shape index (κ3) is 4.66. The number of ether oxygens (including phenoxy) is 3. The Morgan fingerprint density at radius 3 is 2.42 bits per heavy atom. The molecular formula is C29H32O7. The van der Waals surface area contributed by atoms with E-state index in [4.69, 9.17) is 14.2 Å². The van der Waals surface area contributed by atoms with Crippen LogP contribution in [0.5, 0.6) is 0 Å². The van der Waals surface area contributed by atoms with E-state index < -0.39 is 35.7 Å². The summed E-state index contributed by atoms with van der Waals surface area (Å²) in [5.74, 6) is -2.14. The molecule has 3 aliphatic rings. The minimum absolute atomic E-state index is 0.340. The van der Waals surface area contributed by atoms with Crippen LogP contribution in [0.2, 0.25) is 0 Å². The zero-order valence-corrected chi connectivity index (χ0v) is 21.3. The van der Waals surface area contributed by atoms with Crippen molar-refractivity contribution in [2.45, 2.75) is 72.2 Å². The Labute approximate surface area is 211 Å². The molecule has 190 valence electrons. The van der Waals surface area contributed by atoms with Crippen molar-refractivity contribution >= 4 is 23.7 Å². The normalized spacial score (nSPS) is 31.8. The van der Waals surface area contributed by atoms with Gasteiger partial charge in [-0.25, -0.2) is 9.59 Å². The molecule has 0 saturated carbocycles. The van der Waals surface area contributed by atoms with Crippen molar-refractivity contribution in [3.8, 4) is 0 Å². The monoisotopic (exact) mass is 492 g/mol. The molecule has 0 saturated heterocycles. The third-order valence-corrected chi connectivity index (χ3v) is 7.76. The molecule has 0 N–H and O–H groups in total. The minimum Gasteiger partial charge on any atom is -0.458 e. The summed E-state index contributed by atoms with van der Waals surface area (Å²) in [6, 6.07) is 8.68. The van der Waals surface area contributed by atoms with E-state index in [1.54, 1.807) is 31.2 Å². The Bertz CT molecular complexity index is 1190. The maximum absolute atomic E-state index is 13.3. The second kappa shape index (κ2) is 9.88. The zero-order valence-electron chi connectivity index (χ0n) is 21.3. The fourth-order valence-corrected chi connectivity index (χ4v) is 5.72. The van der Waals surface area contributed by atoms with E-state index in [2.05, 4.69) is 0 Å². The van der Waals surface area contributed by atoms with Crippen molar-refractivity contribution in [2.24, 2.45) is 11.3 Å². The Balaban J connectivity index is 1.86. The van der Waals surface area contributed by atoms with Crippen molar-refractivity contribution in [3.05, 3.63) is 70.3 Å². The highest BCUT2D eigenvalue weighted by Gasteiger charge is 2.57. The third-order valence-electron chi connectivity index (χ3n) is 7.76. The van der Waals surface area contributed by atoms with Gasteiger partial charge in [-0.3, -0.25) is 9.59 Å². The van der Waals surface area contributed by atoms with Crippen LogP contribution < -0.4 is 0 Å². The molecule has 7 nitrogen and oxygen atoms in total. The van der Waals surface area contributed by atoms with Crippen LogP contribution in [-0.2, 0) is 28.6 Å². The highest BCUT2D eigenvalue weighted by molar-refractivity contribution is 5.97. The van der Waals surface area contributed by atoms with E-state index in [1.165, 1.54) is 13.0 Å². The van der Waals surface area contributed by atoms with Crippen LogP contribution in [0.4, 0.5) is 0 Å². The topological polar surface area (TPSA) is 96.0 Å². The fourth-order valence-electron chi connectivity index (χ4n) is 5.72. The Hall–Kier alpha value is -3.48. The molecular weight excluding hydrogens is 460 g/mol. The number of carbonyl (C=O) groups is 4. The van der Waals surface area contributed by atoms with E-state index in [9.17, 15) is 19.2 Å². The molecule has 0 spiro atoms. The van der Waals surface area contributed by atoms with Crippen LogP contribution in [0.1, 0.15) is 64.2 Å². The molecule has 0 amide bonds. The van der Waals surface area contributed by atoms with Gasteiger partial charge in [-0.1, -0.05) is 36.3 Å². The number of esters is 3. The van der Waals surface area contributed by atoms with Gasteiger partial charge in [0.05, 0.1) is 11.0 Å². The van der Waals surface area contributed by atoms with Gasteiger partial charge in [0.25, 0.3) is 0 Å². The van der Waals surface area contributed by atoms with Crippen LogP contribution in [0.25, 0.3) is 0 Å². The summed E-state index contributed by atoms with van der Waals surface area (Å²) >= 11 is 0. The number of carbonyl (C=O) groups excluding carboxylic acids is 4. The van der Waals surface area contributed by atoms with Crippen molar-refractivity contribution < 1.29 is 33.4 Å². The van der Waals surface area contributed by atoms with Gasteiger partial charge in [-0.2, -0.15) is 0 Å². The molecule has 5 atom stereocenters. The van der Waals surface area contributed by atoms with E-state index in [0.717, 1.165) is 16.7 Å². The van der Waals surface area contributed by atoms with Crippen molar-refractivity contribution in [1.29, 1.82) is 0 Å². The quantitative estimate of drug-likeness (QED) is 0.344. The maximum Gasteiger partial charge on any atom is 0.338 e. The average Bonchev–Trinajstić information content (AvgIpc) is 3.09. The Kier molecular flexibility index (Phi) is 7.03. The first-order valence-corrected chi connectivity index (χ1v) is 12.3. The average molecular weight is 493 g/mol. The number of ketones is 1. The number of hydrogen-bond donors (Lipinski definition) is 0. The number of allylic oxidation sites excluding steroid dienone is 2. The van der Waals surface area contributed by atoms with E-state index in [-0.39, 0.29) is 17.7 Å². The van der Waals surface area contributed by atoms with Gasteiger partial charge < -0.3 is 14.2 Å². The lowest BCUT2D eigenvalue weighted by Crippen LogP contribution is -2.57. The smallest absolute Gasteiger partial charge is 0.338 e. The summed E-state index contributed by atoms with van der Waals surface area (Å²) in [6.07, 6.45) is 2.43. The molecule has 0 unspecified atom stereocenters. The molecule has 1 aliphatic heterocycles. The first-order chi connectivity index (χ1) is 17.0. The molecule has 1 aromatic rings. The van der Waals surface area contributed by atoms with Gasteiger partial charge in [0.15, 0.2) is 11.9 Å². The summed E-state index contributed by atoms with van der Waals surface area (Å²) in [7, 11) is 0. The van der Waals surface area contributed by atoms with Crippen molar-refractivity contribution in [1.82, 2.24) is 0 Å². The SMILES string of the molecule is CC(=O)O[C@H]1C(=O)C=C(C)[C@@H]2CC3=C(C)C(=O)O[C@H]3/C=C(/C)CC[C@@H](OC(=O)c3ccccc3)[C@]21C. The molecule has 1 aromatic carbocycles. The Morgan fingerprint density at radius 1 is 1.06 bits per heavy atom. The summed E-state index contributed by atoms with van der Waals surface area (Å²) in [4.78, 5) is 51.1. The fraction of sp³-hybridized carbons (Fsp3) is 0.448. The predicted octanol–water partition coefficient (Wildman–Crippen LogP) is 4.67. The molecule has 36 heavy (non-hydrogen) atoms. The van der Waals surface area contributed by atoms with Gasteiger partial charge in [0, 0.05) is 12.5 Å². The Morgan fingerprint density at radius 2 is 1.75 bits per heavy atom. The summed E-state index contributed by atoms with van der Waals surface area (Å²) < 4.78 is 17.4. The van der Waals surface area contributed by atoms with Crippen molar-refractivity contribution in [2.75, 3.05) is 0 Å². The second-order valence-corrected chi connectivity index (χ2v) is 10.2. The number of fused-ring (bicyclic) bond motifs is 2. The first-order valence-electron chi connectivity index (χ1n) is 12.3.